The highest BCUT2D eigenvalue weighted by Gasteiger charge is 2.41. The summed E-state index contributed by atoms with van der Waals surface area (Å²) in [7, 11) is 1.37. The van der Waals surface area contributed by atoms with E-state index in [1.807, 2.05) is 0 Å². The number of benzene rings is 1. The number of rotatable bonds is 9. The first-order valence-electron chi connectivity index (χ1n) is 7.51. The lowest BCUT2D eigenvalue weighted by molar-refractivity contribution is -0.385. The van der Waals surface area contributed by atoms with Gasteiger partial charge in [-0.3, -0.25) is 10.1 Å². The number of nitro benzene ring substituents is 1. The van der Waals surface area contributed by atoms with Crippen molar-refractivity contribution in [3.63, 3.8) is 0 Å². The van der Waals surface area contributed by atoms with E-state index in [0.717, 1.165) is 18.4 Å². The van der Waals surface area contributed by atoms with Crippen molar-refractivity contribution in [2.24, 2.45) is 0 Å². The third kappa shape index (κ3) is 4.68. The minimum Gasteiger partial charge on any atom is -0.500 e. The zero-order valence-corrected chi connectivity index (χ0v) is 13.4. The average Bonchev–Trinajstić information content (AvgIpc) is 3.38. The summed E-state index contributed by atoms with van der Waals surface area (Å²) in [5, 5.41) is 11.2. The van der Waals surface area contributed by atoms with Gasteiger partial charge in [0.25, 0.3) is 5.69 Å². The van der Waals surface area contributed by atoms with Crippen molar-refractivity contribution in [1.29, 1.82) is 0 Å². The zero-order valence-electron chi connectivity index (χ0n) is 13.4. The topological polar surface area (TPSA) is 61.6 Å². The van der Waals surface area contributed by atoms with Gasteiger partial charge >= 0.3 is 12.3 Å². The Hall–Kier alpha value is -2.16. The summed E-state index contributed by atoms with van der Waals surface area (Å²) in [6.07, 6.45) is -2.39. The maximum Gasteiger partial charge on any atom is 0.330 e. The van der Waals surface area contributed by atoms with E-state index in [2.05, 4.69) is 0 Å². The molecule has 1 saturated carbocycles. The second kappa shape index (κ2) is 7.81. The molecule has 0 heterocycles. The Morgan fingerprint density at radius 3 is 2.48 bits per heavy atom. The molecule has 1 unspecified atom stereocenters. The van der Waals surface area contributed by atoms with Crippen LogP contribution in [0.1, 0.15) is 24.3 Å². The smallest absolute Gasteiger partial charge is 0.330 e. The predicted molar refractivity (Wildman–Crippen MR) is 80.9 cm³/mol. The highest BCUT2D eigenvalue weighted by Crippen LogP contribution is 2.41. The number of allylic oxidation sites excluding steroid dienone is 1. The number of halogens is 4. The molecule has 25 heavy (non-hydrogen) atoms. The van der Waals surface area contributed by atoms with E-state index in [1.54, 1.807) is 6.07 Å². The molecule has 0 N–H and O–H groups in total. The maximum atomic E-state index is 13.0. The fourth-order valence-electron chi connectivity index (χ4n) is 2.47. The van der Waals surface area contributed by atoms with Crippen LogP contribution in [0.2, 0.25) is 0 Å². The van der Waals surface area contributed by atoms with E-state index in [9.17, 15) is 27.7 Å². The third-order valence-electron chi connectivity index (χ3n) is 3.79. The van der Waals surface area contributed by atoms with E-state index in [-0.39, 0.29) is 11.3 Å². The lowest BCUT2D eigenvalue weighted by Crippen LogP contribution is -2.33. The molecule has 138 valence electrons. The summed E-state index contributed by atoms with van der Waals surface area (Å²) < 4.78 is 60.6. The molecule has 1 aliphatic rings. The highest BCUT2D eigenvalue weighted by molar-refractivity contribution is 5.46. The molecule has 1 fully saturated rings. The molecule has 0 radical (unpaired) electrons. The number of alkyl halides is 4. The number of methoxy groups -OCH3 is 1. The van der Waals surface area contributed by atoms with Crippen molar-refractivity contribution >= 4 is 5.69 Å². The van der Waals surface area contributed by atoms with Gasteiger partial charge in [-0.05, 0) is 18.4 Å². The Bertz CT molecular complexity index is 657. The fraction of sp³-hybridized carbons (Fsp3) is 0.500. The van der Waals surface area contributed by atoms with Gasteiger partial charge in [0.15, 0.2) is 0 Å². The van der Waals surface area contributed by atoms with Crippen molar-refractivity contribution in [3.8, 4) is 0 Å². The van der Waals surface area contributed by atoms with Crippen molar-refractivity contribution < 1.29 is 32.0 Å². The normalized spacial score (nSPS) is 15.2. The van der Waals surface area contributed by atoms with Gasteiger partial charge in [-0.25, -0.2) is 8.78 Å². The number of nitro groups is 1. The molecule has 0 aliphatic heterocycles. The summed E-state index contributed by atoms with van der Waals surface area (Å²) in [6.45, 7) is -1.91. The second-order valence-electron chi connectivity index (χ2n) is 5.62. The SMILES string of the molecule is COC(=C1CC1)C(COCC(F)(F)C(F)F)c1ccccc1[N+](=O)[O-]. The van der Waals surface area contributed by atoms with Crippen LogP contribution in [0.15, 0.2) is 35.6 Å². The van der Waals surface area contributed by atoms with Gasteiger partial charge in [0.2, 0.25) is 0 Å². The number of para-hydroxylation sites is 1. The Kier molecular flexibility index (Phi) is 5.99. The molecule has 1 atom stereocenters. The Morgan fingerprint density at radius 2 is 1.96 bits per heavy atom. The molecule has 2 rings (SSSR count). The Morgan fingerprint density at radius 1 is 1.32 bits per heavy atom. The van der Waals surface area contributed by atoms with E-state index in [1.165, 1.54) is 25.3 Å². The lowest BCUT2D eigenvalue weighted by atomic mass is 9.95. The van der Waals surface area contributed by atoms with Crippen LogP contribution in [-0.4, -0.2) is 37.6 Å². The molecular formula is C16H17F4NO4. The largest absolute Gasteiger partial charge is 0.500 e. The van der Waals surface area contributed by atoms with Crippen molar-refractivity contribution in [1.82, 2.24) is 0 Å². The number of hydrogen-bond donors (Lipinski definition) is 0. The van der Waals surface area contributed by atoms with E-state index in [0.29, 0.717) is 5.76 Å². The minimum absolute atomic E-state index is 0.215. The van der Waals surface area contributed by atoms with Crippen LogP contribution in [0.25, 0.3) is 0 Å². The number of hydrogen-bond acceptors (Lipinski definition) is 4. The molecular weight excluding hydrogens is 346 g/mol. The summed E-state index contributed by atoms with van der Waals surface area (Å²) in [5.41, 5.74) is 0.909. The van der Waals surface area contributed by atoms with Crippen LogP contribution >= 0.6 is 0 Å². The first-order chi connectivity index (χ1) is 11.8. The maximum absolute atomic E-state index is 13.0. The first kappa shape index (κ1) is 19.2. The van der Waals surface area contributed by atoms with Crippen molar-refractivity contribution in [3.05, 3.63) is 51.3 Å². The standard InChI is InChI=1S/C16H17F4NO4/c1-24-14(10-6-7-10)12(8-25-9-16(19,20)15(17)18)11-4-2-3-5-13(11)21(22)23/h2-5,12,15H,6-9H2,1H3. The molecule has 0 bridgehead atoms. The van der Waals surface area contributed by atoms with Crippen LogP contribution in [0, 0.1) is 10.1 Å². The second-order valence-corrected chi connectivity index (χ2v) is 5.62. The highest BCUT2D eigenvalue weighted by atomic mass is 19.3. The van der Waals surface area contributed by atoms with Gasteiger partial charge in [-0.2, -0.15) is 8.78 Å². The van der Waals surface area contributed by atoms with E-state index < -0.39 is 36.4 Å². The van der Waals surface area contributed by atoms with Crippen LogP contribution < -0.4 is 0 Å². The predicted octanol–water partition coefficient (Wildman–Crippen LogP) is 4.29. The summed E-state index contributed by atoms with van der Waals surface area (Å²) >= 11 is 0. The van der Waals surface area contributed by atoms with Crippen molar-refractivity contribution in [2.45, 2.75) is 31.1 Å². The molecule has 5 nitrogen and oxygen atoms in total. The molecule has 1 aliphatic carbocycles. The monoisotopic (exact) mass is 363 g/mol. The quantitative estimate of drug-likeness (QED) is 0.284. The van der Waals surface area contributed by atoms with Crippen molar-refractivity contribution in [2.75, 3.05) is 20.3 Å². The lowest BCUT2D eigenvalue weighted by Gasteiger charge is -2.22. The van der Waals surface area contributed by atoms with Crippen LogP contribution in [-0.2, 0) is 9.47 Å². The van der Waals surface area contributed by atoms with Crippen LogP contribution in [0.3, 0.4) is 0 Å². The van der Waals surface area contributed by atoms with Gasteiger partial charge in [0.05, 0.1) is 24.6 Å². The number of ether oxygens (including phenoxy) is 2. The molecule has 1 aromatic carbocycles. The third-order valence-corrected chi connectivity index (χ3v) is 3.79. The number of nitrogens with zero attached hydrogens (tertiary/aromatic N) is 1. The van der Waals surface area contributed by atoms with Gasteiger partial charge in [0, 0.05) is 11.6 Å². The Labute approximate surface area is 141 Å². The molecule has 0 spiro atoms. The fourth-order valence-corrected chi connectivity index (χ4v) is 2.47. The van der Waals surface area contributed by atoms with Gasteiger partial charge in [0.1, 0.15) is 12.4 Å². The average molecular weight is 363 g/mol. The molecule has 1 aromatic rings. The Balaban J connectivity index is 2.27. The van der Waals surface area contributed by atoms with E-state index in [4.69, 9.17) is 9.47 Å². The van der Waals surface area contributed by atoms with Gasteiger partial charge in [-0.1, -0.05) is 18.2 Å². The summed E-state index contributed by atoms with van der Waals surface area (Å²) in [5.74, 6) is -4.71. The zero-order chi connectivity index (χ0) is 18.6. The van der Waals surface area contributed by atoms with Gasteiger partial charge < -0.3 is 9.47 Å². The molecule has 0 amide bonds. The van der Waals surface area contributed by atoms with Gasteiger partial charge in [-0.15, -0.1) is 0 Å². The molecule has 9 heteroatoms. The van der Waals surface area contributed by atoms with Crippen LogP contribution in [0.5, 0.6) is 0 Å². The van der Waals surface area contributed by atoms with E-state index >= 15 is 0 Å². The minimum atomic E-state index is -4.28. The first-order valence-corrected chi connectivity index (χ1v) is 7.51. The molecule has 0 saturated heterocycles. The van der Waals surface area contributed by atoms with Crippen LogP contribution in [0.4, 0.5) is 23.2 Å². The summed E-state index contributed by atoms with van der Waals surface area (Å²) in [6, 6.07) is 5.79. The summed E-state index contributed by atoms with van der Waals surface area (Å²) in [4.78, 5) is 10.6. The molecule has 0 aromatic heterocycles.